The van der Waals surface area contributed by atoms with Gasteiger partial charge < -0.3 is 40.5 Å². The van der Waals surface area contributed by atoms with Gasteiger partial charge in [-0.1, -0.05) is 64.3 Å². The highest BCUT2D eigenvalue weighted by molar-refractivity contribution is 7.13. The third kappa shape index (κ3) is 13.5. The van der Waals surface area contributed by atoms with Crippen LogP contribution in [-0.4, -0.2) is 118 Å². The Kier molecular flexibility index (Phi) is 16.5. The van der Waals surface area contributed by atoms with Crippen molar-refractivity contribution in [3.8, 4) is 10.4 Å². The summed E-state index contributed by atoms with van der Waals surface area (Å²) in [6, 6.07) is 9.47. The number of nitrogens with one attached hydrogen (secondary N) is 3. The molecular weight excluding hydrogens is 809 g/mol. The molecule has 338 valence electrons. The van der Waals surface area contributed by atoms with Gasteiger partial charge in [0.15, 0.2) is 0 Å². The molecular formula is C46H66N8O7S. The summed E-state index contributed by atoms with van der Waals surface area (Å²) in [6.07, 6.45) is 4.81. The molecule has 0 aliphatic carbocycles. The van der Waals surface area contributed by atoms with Crippen LogP contribution >= 0.6 is 11.3 Å². The fourth-order valence-corrected chi connectivity index (χ4v) is 8.46. The zero-order valence-corrected chi connectivity index (χ0v) is 38.5. The second-order valence-electron chi connectivity index (χ2n) is 18.5. The third-order valence-electron chi connectivity index (χ3n) is 11.2. The first-order chi connectivity index (χ1) is 29.3. The number of anilines is 1. The first kappa shape index (κ1) is 48.0. The molecule has 4 heterocycles. The number of benzene rings is 1. The number of hydrogen-bond donors (Lipinski definition) is 4. The lowest BCUT2D eigenvalue weighted by atomic mass is 9.85. The average Bonchev–Trinajstić information content (AvgIpc) is 3.84. The Morgan fingerprint density at radius 1 is 0.887 bits per heavy atom. The van der Waals surface area contributed by atoms with Crippen molar-refractivity contribution in [3.05, 3.63) is 64.9 Å². The Labute approximate surface area is 370 Å². The van der Waals surface area contributed by atoms with Gasteiger partial charge in [0.05, 0.1) is 33.8 Å². The van der Waals surface area contributed by atoms with Crippen LogP contribution in [0.2, 0.25) is 0 Å². The summed E-state index contributed by atoms with van der Waals surface area (Å²) in [4.78, 5) is 81.1. The minimum Gasteiger partial charge on any atom is -0.444 e. The predicted molar refractivity (Wildman–Crippen MR) is 241 cm³/mol. The fourth-order valence-electron chi connectivity index (χ4n) is 7.65. The number of ether oxygens (including phenoxy) is 1. The Balaban J connectivity index is 0.992. The number of thiazole rings is 1. The van der Waals surface area contributed by atoms with Gasteiger partial charge in [0.1, 0.15) is 23.5 Å². The Bertz CT molecular complexity index is 1980. The highest BCUT2D eigenvalue weighted by atomic mass is 32.1. The van der Waals surface area contributed by atoms with Gasteiger partial charge in [-0.3, -0.25) is 19.2 Å². The van der Waals surface area contributed by atoms with Gasteiger partial charge in [0.25, 0.3) is 5.91 Å². The number of aliphatic hydroxyl groups is 1. The number of aryl methyl sites for hydroxylation is 1. The number of pyridine rings is 1. The zero-order valence-electron chi connectivity index (χ0n) is 37.7. The summed E-state index contributed by atoms with van der Waals surface area (Å²) in [5.41, 5.74) is 4.05. The molecule has 3 aromatic rings. The van der Waals surface area contributed by atoms with Crippen LogP contribution in [0.4, 0.5) is 10.6 Å². The van der Waals surface area contributed by atoms with E-state index in [1.165, 1.54) is 4.90 Å². The second kappa shape index (κ2) is 21.3. The zero-order chi connectivity index (χ0) is 45.2. The molecule has 4 atom stereocenters. The van der Waals surface area contributed by atoms with E-state index in [-0.39, 0.29) is 55.2 Å². The van der Waals surface area contributed by atoms with E-state index in [0.29, 0.717) is 44.7 Å². The number of hydrogen-bond acceptors (Lipinski definition) is 11. The molecule has 1 aromatic carbocycles. The summed E-state index contributed by atoms with van der Waals surface area (Å²) in [7, 11) is 0. The number of piperazine rings is 1. The van der Waals surface area contributed by atoms with Crippen molar-refractivity contribution in [2.75, 3.05) is 44.2 Å². The van der Waals surface area contributed by atoms with E-state index in [1.807, 2.05) is 91.2 Å². The quantitative estimate of drug-likeness (QED) is 0.124. The van der Waals surface area contributed by atoms with Crippen LogP contribution in [0.15, 0.2) is 48.1 Å². The monoisotopic (exact) mass is 874 g/mol. The van der Waals surface area contributed by atoms with Crippen molar-refractivity contribution in [1.82, 2.24) is 35.7 Å². The molecule has 0 spiro atoms. The Morgan fingerprint density at radius 2 is 1.56 bits per heavy atom. The summed E-state index contributed by atoms with van der Waals surface area (Å²) < 4.78 is 5.48. The van der Waals surface area contributed by atoms with E-state index in [4.69, 9.17) is 4.74 Å². The van der Waals surface area contributed by atoms with E-state index < -0.39 is 29.2 Å². The van der Waals surface area contributed by atoms with Crippen LogP contribution in [0.1, 0.15) is 121 Å². The van der Waals surface area contributed by atoms with Crippen LogP contribution in [0, 0.1) is 12.3 Å². The molecule has 15 nitrogen and oxygen atoms in total. The van der Waals surface area contributed by atoms with E-state index in [1.54, 1.807) is 28.5 Å². The van der Waals surface area contributed by atoms with Gasteiger partial charge in [-0.15, -0.1) is 11.3 Å². The Hall–Kier alpha value is -5.09. The van der Waals surface area contributed by atoms with Gasteiger partial charge in [-0.2, -0.15) is 0 Å². The minimum atomic E-state index is -0.882. The molecule has 5 amide bonds. The molecule has 0 unspecified atom stereocenters. The number of aromatic nitrogens is 2. The van der Waals surface area contributed by atoms with E-state index in [9.17, 15) is 29.1 Å². The molecule has 0 saturated carbocycles. The molecule has 62 heavy (non-hydrogen) atoms. The highest BCUT2D eigenvalue weighted by Crippen LogP contribution is 2.30. The predicted octanol–water partition coefficient (Wildman–Crippen LogP) is 6.01. The second-order valence-corrected chi connectivity index (χ2v) is 19.4. The van der Waals surface area contributed by atoms with Crippen LogP contribution in [0.5, 0.6) is 0 Å². The molecule has 2 aliphatic heterocycles. The summed E-state index contributed by atoms with van der Waals surface area (Å²) >= 11 is 1.58. The van der Waals surface area contributed by atoms with Crippen LogP contribution < -0.4 is 20.9 Å². The number of amides is 5. The maximum absolute atomic E-state index is 14.0. The average molecular weight is 875 g/mol. The largest absolute Gasteiger partial charge is 0.444 e. The normalized spacial score (nSPS) is 17.9. The van der Waals surface area contributed by atoms with Crippen molar-refractivity contribution in [2.45, 2.75) is 130 Å². The van der Waals surface area contributed by atoms with Gasteiger partial charge in [-0.05, 0) is 76.1 Å². The minimum absolute atomic E-state index is 0.0119. The number of unbranched alkanes of at least 4 members (excludes halogenated alkanes) is 4. The van der Waals surface area contributed by atoms with Crippen LogP contribution in [0.3, 0.4) is 0 Å². The van der Waals surface area contributed by atoms with Gasteiger partial charge in [0, 0.05) is 58.3 Å². The van der Waals surface area contributed by atoms with Crippen LogP contribution in [0.25, 0.3) is 10.4 Å². The van der Waals surface area contributed by atoms with E-state index in [2.05, 4.69) is 30.8 Å². The maximum atomic E-state index is 14.0. The fraction of sp³-hybridized carbons (Fsp3) is 0.587. The Morgan fingerprint density at radius 3 is 2.18 bits per heavy atom. The van der Waals surface area contributed by atoms with Gasteiger partial charge >= 0.3 is 6.09 Å². The number of rotatable bonds is 16. The van der Waals surface area contributed by atoms with E-state index in [0.717, 1.165) is 53.2 Å². The smallest absolute Gasteiger partial charge is 0.410 e. The van der Waals surface area contributed by atoms with E-state index >= 15 is 0 Å². The molecule has 16 heteroatoms. The number of carbonyl (C=O) groups excluding carboxylic acids is 5. The van der Waals surface area contributed by atoms with Crippen LogP contribution in [-0.2, 0) is 19.1 Å². The van der Waals surface area contributed by atoms with Crippen molar-refractivity contribution in [3.63, 3.8) is 0 Å². The van der Waals surface area contributed by atoms with Crippen molar-refractivity contribution < 1.29 is 33.8 Å². The number of β-amino-alcohol motifs (C(OH)–C–C–N with tert-alkyl or cyclic N) is 1. The maximum Gasteiger partial charge on any atom is 0.410 e. The van der Waals surface area contributed by atoms with Crippen molar-refractivity contribution in [1.29, 1.82) is 0 Å². The molecule has 0 bridgehead atoms. The number of carbonyl (C=O) groups is 5. The first-order valence-electron chi connectivity index (χ1n) is 21.9. The van der Waals surface area contributed by atoms with Gasteiger partial charge in [0.2, 0.25) is 17.7 Å². The van der Waals surface area contributed by atoms with Gasteiger partial charge in [-0.25, -0.2) is 14.8 Å². The van der Waals surface area contributed by atoms with Crippen molar-refractivity contribution >= 4 is 46.9 Å². The number of aliphatic hydroxyl groups excluding tert-OH is 1. The molecule has 2 fully saturated rings. The molecule has 2 saturated heterocycles. The molecule has 5 rings (SSSR count). The lowest BCUT2D eigenvalue weighted by Crippen LogP contribution is -2.57. The lowest BCUT2D eigenvalue weighted by molar-refractivity contribution is -0.144. The van der Waals surface area contributed by atoms with Crippen molar-refractivity contribution in [2.24, 2.45) is 5.41 Å². The third-order valence-corrected chi connectivity index (χ3v) is 12.2. The first-order valence-corrected chi connectivity index (χ1v) is 22.7. The SMILES string of the molecule is Cc1ncsc1-c1ccc([C@H](C)NC(=O)[C@@H]2C[C@@H](O)CN2C(=O)[C@@H](NC(=O)CCCCCCCNC(=O)c2ccc(N3CCN(C(=O)OC(C)(C)C)CC3)nc2)C(C)(C)C)cc1. The summed E-state index contributed by atoms with van der Waals surface area (Å²) in [6.45, 7) is 17.9. The number of nitrogens with zero attached hydrogens (tertiary/aromatic N) is 5. The summed E-state index contributed by atoms with van der Waals surface area (Å²) in [5, 5.41) is 19.6. The molecule has 2 aliphatic rings. The molecule has 0 radical (unpaired) electrons. The highest BCUT2D eigenvalue weighted by Gasteiger charge is 2.44. The number of likely N-dealkylation sites (tertiary alicyclic amines) is 1. The standard InChI is InChI=1S/C46H66N8O7S/c1-30(32-15-17-33(18-16-32)39-31(2)49-29-62-39)50-42(58)36-26-35(55)28-54(36)43(59)40(45(3,4)5)51-38(56)14-12-10-9-11-13-21-47-41(57)34-19-20-37(48-27-34)52-22-24-53(25-23-52)44(60)61-46(6,7)8/h15-20,27,29-30,35-36,40,55H,9-14,21-26,28H2,1-8H3,(H,47,57)(H,50,58)(H,51,56)/t30-,35+,36-,40+/m0/s1. The lowest BCUT2D eigenvalue weighted by Gasteiger charge is -2.36. The topological polar surface area (TPSA) is 186 Å². The molecule has 2 aromatic heterocycles. The molecule has 4 N–H and O–H groups in total. The summed E-state index contributed by atoms with van der Waals surface area (Å²) in [5.74, 6) is -0.402.